The normalized spacial score (nSPS) is 15.5. The van der Waals surface area contributed by atoms with Gasteiger partial charge in [0, 0.05) is 28.8 Å². The van der Waals surface area contributed by atoms with Gasteiger partial charge in [-0.1, -0.05) is 49.6 Å². The Morgan fingerprint density at radius 3 is 2.75 bits per heavy atom. The third-order valence-electron chi connectivity index (χ3n) is 4.76. The van der Waals surface area contributed by atoms with Crippen LogP contribution in [0.1, 0.15) is 50.3 Å². The van der Waals surface area contributed by atoms with Crippen molar-refractivity contribution in [1.29, 1.82) is 0 Å². The predicted molar refractivity (Wildman–Crippen MR) is 111 cm³/mol. The highest BCUT2D eigenvalue weighted by atomic mass is 35.5. The SMILES string of the molecule is CCCCCOc1ccccc1CN1C(=O)[C@@H](NC(C)=O)c2cc(Cl)ccc21. The summed E-state index contributed by atoms with van der Waals surface area (Å²) in [5.74, 6) is 0.351. The van der Waals surface area contributed by atoms with E-state index >= 15 is 0 Å². The summed E-state index contributed by atoms with van der Waals surface area (Å²) in [6.45, 7) is 4.58. The maximum absolute atomic E-state index is 13.1. The van der Waals surface area contributed by atoms with E-state index in [0.29, 0.717) is 23.7 Å². The molecule has 0 aliphatic carbocycles. The Balaban J connectivity index is 1.85. The molecule has 28 heavy (non-hydrogen) atoms. The quantitative estimate of drug-likeness (QED) is 0.657. The number of benzene rings is 2. The standard InChI is InChI=1S/C22H25ClN2O3/c1-3-4-7-12-28-20-9-6-5-8-16(20)14-25-19-11-10-17(23)13-18(19)21(22(25)27)24-15(2)26/h5-6,8-11,13,21H,3-4,7,12,14H2,1-2H3,(H,24,26)/t21-/m0/s1. The van der Waals surface area contributed by atoms with Crippen molar-refractivity contribution in [2.24, 2.45) is 0 Å². The van der Waals surface area contributed by atoms with Crippen molar-refractivity contribution in [3.05, 3.63) is 58.6 Å². The summed E-state index contributed by atoms with van der Waals surface area (Å²) in [5, 5.41) is 3.26. The van der Waals surface area contributed by atoms with E-state index in [2.05, 4.69) is 12.2 Å². The van der Waals surface area contributed by atoms with Crippen molar-refractivity contribution in [3.63, 3.8) is 0 Å². The number of carbonyl (C=O) groups is 2. The first-order chi connectivity index (χ1) is 13.5. The van der Waals surface area contributed by atoms with Gasteiger partial charge in [-0.2, -0.15) is 0 Å². The molecule has 2 aromatic carbocycles. The molecule has 0 saturated heterocycles. The van der Waals surface area contributed by atoms with Gasteiger partial charge in [-0.05, 0) is 30.7 Å². The average Bonchev–Trinajstić information content (AvgIpc) is 2.91. The number of para-hydroxylation sites is 1. The van der Waals surface area contributed by atoms with Crippen LogP contribution in [-0.4, -0.2) is 18.4 Å². The van der Waals surface area contributed by atoms with Gasteiger partial charge in [0.2, 0.25) is 5.91 Å². The van der Waals surface area contributed by atoms with Gasteiger partial charge in [-0.25, -0.2) is 0 Å². The van der Waals surface area contributed by atoms with Gasteiger partial charge in [0.25, 0.3) is 5.91 Å². The summed E-state index contributed by atoms with van der Waals surface area (Å²) in [5.41, 5.74) is 2.40. The second kappa shape index (κ2) is 9.11. The summed E-state index contributed by atoms with van der Waals surface area (Å²) in [6.07, 6.45) is 3.26. The molecule has 6 heteroatoms. The van der Waals surface area contributed by atoms with Crippen LogP contribution in [0.5, 0.6) is 5.75 Å². The van der Waals surface area contributed by atoms with E-state index in [0.717, 1.165) is 36.3 Å². The third-order valence-corrected chi connectivity index (χ3v) is 4.99. The van der Waals surface area contributed by atoms with Crippen LogP contribution < -0.4 is 15.0 Å². The number of hydrogen-bond acceptors (Lipinski definition) is 3. The fourth-order valence-electron chi connectivity index (χ4n) is 3.40. The zero-order valence-electron chi connectivity index (χ0n) is 16.2. The Morgan fingerprint density at radius 1 is 1.21 bits per heavy atom. The van der Waals surface area contributed by atoms with Gasteiger partial charge in [0.15, 0.2) is 0 Å². The molecule has 0 fully saturated rings. The van der Waals surface area contributed by atoms with E-state index in [9.17, 15) is 9.59 Å². The Morgan fingerprint density at radius 2 is 2.00 bits per heavy atom. The van der Waals surface area contributed by atoms with Gasteiger partial charge in [-0.15, -0.1) is 0 Å². The first-order valence-electron chi connectivity index (χ1n) is 9.60. The summed E-state index contributed by atoms with van der Waals surface area (Å²) in [4.78, 5) is 26.3. The Hall–Kier alpha value is -2.53. The first-order valence-corrected chi connectivity index (χ1v) is 9.97. The fraction of sp³-hybridized carbons (Fsp3) is 0.364. The highest BCUT2D eigenvalue weighted by molar-refractivity contribution is 6.31. The molecule has 148 valence electrons. The average molecular weight is 401 g/mol. The molecule has 1 atom stereocenters. The lowest BCUT2D eigenvalue weighted by Crippen LogP contribution is -2.36. The van der Waals surface area contributed by atoms with E-state index < -0.39 is 6.04 Å². The van der Waals surface area contributed by atoms with Gasteiger partial charge < -0.3 is 15.0 Å². The number of fused-ring (bicyclic) bond motifs is 1. The lowest BCUT2D eigenvalue weighted by Gasteiger charge is -2.20. The van der Waals surface area contributed by atoms with Crippen molar-refractivity contribution in [3.8, 4) is 5.75 Å². The Bertz CT molecular complexity index is 869. The molecular formula is C22H25ClN2O3. The number of nitrogens with zero attached hydrogens (tertiary/aromatic N) is 1. The highest BCUT2D eigenvalue weighted by Gasteiger charge is 2.38. The van der Waals surface area contributed by atoms with Gasteiger partial charge in [0.1, 0.15) is 11.8 Å². The van der Waals surface area contributed by atoms with E-state index in [-0.39, 0.29) is 11.8 Å². The molecule has 1 aliphatic heterocycles. The number of nitrogens with one attached hydrogen (secondary N) is 1. The number of halogens is 1. The Labute approximate surface area is 170 Å². The number of unbranched alkanes of at least 4 members (excludes halogenated alkanes) is 2. The number of hydrogen-bond donors (Lipinski definition) is 1. The van der Waals surface area contributed by atoms with Crippen molar-refractivity contribution in [2.45, 2.75) is 45.7 Å². The van der Waals surface area contributed by atoms with Gasteiger partial charge >= 0.3 is 0 Å². The summed E-state index contributed by atoms with van der Waals surface area (Å²) in [6, 6.07) is 12.3. The van der Waals surface area contributed by atoms with Crippen molar-refractivity contribution in [2.75, 3.05) is 11.5 Å². The second-order valence-corrected chi connectivity index (χ2v) is 7.36. The van der Waals surface area contributed by atoms with Crippen LogP contribution in [0.25, 0.3) is 0 Å². The number of rotatable bonds is 8. The van der Waals surface area contributed by atoms with Crippen LogP contribution in [0.3, 0.4) is 0 Å². The lowest BCUT2D eigenvalue weighted by atomic mass is 10.1. The number of ether oxygens (including phenoxy) is 1. The molecule has 0 spiro atoms. The van der Waals surface area contributed by atoms with Gasteiger partial charge in [-0.3, -0.25) is 9.59 Å². The predicted octanol–water partition coefficient (Wildman–Crippen LogP) is 4.63. The smallest absolute Gasteiger partial charge is 0.254 e. The molecule has 1 aliphatic rings. The molecule has 3 rings (SSSR count). The van der Waals surface area contributed by atoms with Gasteiger partial charge in [0.05, 0.1) is 13.2 Å². The molecule has 0 radical (unpaired) electrons. The number of anilines is 1. The summed E-state index contributed by atoms with van der Waals surface area (Å²) < 4.78 is 5.95. The minimum atomic E-state index is -0.719. The zero-order valence-corrected chi connectivity index (χ0v) is 17.0. The molecule has 0 saturated carbocycles. The monoisotopic (exact) mass is 400 g/mol. The lowest BCUT2D eigenvalue weighted by molar-refractivity contribution is -0.126. The van der Waals surface area contributed by atoms with Crippen LogP contribution in [0, 0.1) is 0 Å². The molecule has 1 heterocycles. The van der Waals surface area contributed by atoms with E-state index in [1.54, 1.807) is 17.0 Å². The number of carbonyl (C=O) groups excluding carboxylic acids is 2. The van der Waals surface area contributed by atoms with Crippen LogP contribution in [-0.2, 0) is 16.1 Å². The van der Waals surface area contributed by atoms with Crippen molar-refractivity contribution < 1.29 is 14.3 Å². The molecule has 0 unspecified atom stereocenters. The molecule has 1 N–H and O–H groups in total. The second-order valence-electron chi connectivity index (χ2n) is 6.92. The minimum absolute atomic E-state index is 0.173. The maximum Gasteiger partial charge on any atom is 0.254 e. The maximum atomic E-state index is 13.1. The van der Waals surface area contributed by atoms with Crippen molar-refractivity contribution >= 4 is 29.1 Å². The van der Waals surface area contributed by atoms with E-state index in [1.165, 1.54) is 6.92 Å². The first kappa shape index (κ1) is 20.2. The highest BCUT2D eigenvalue weighted by Crippen LogP contribution is 2.39. The van der Waals surface area contributed by atoms with E-state index in [4.69, 9.17) is 16.3 Å². The topological polar surface area (TPSA) is 58.6 Å². The Kier molecular flexibility index (Phi) is 6.57. The van der Waals surface area contributed by atoms with Crippen LogP contribution in [0.15, 0.2) is 42.5 Å². The number of amides is 2. The minimum Gasteiger partial charge on any atom is -0.493 e. The van der Waals surface area contributed by atoms with Crippen LogP contribution >= 0.6 is 11.6 Å². The molecular weight excluding hydrogens is 376 g/mol. The molecule has 5 nitrogen and oxygen atoms in total. The van der Waals surface area contributed by atoms with E-state index in [1.807, 2.05) is 30.3 Å². The van der Waals surface area contributed by atoms with Crippen LogP contribution in [0.4, 0.5) is 5.69 Å². The molecule has 0 bridgehead atoms. The molecule has 2 aromatic rings. The van der Waals surface area contributed by atoms with Crippen LogP contribution in [0.2, 0.25) is 5.02 Å². The summed E-state index contributed by atoms with van der Waals surface area (Å²) >= 11 is 6.13. The van der Waals surface area contributed by atoms with Crippen molar-refractivity contribution in [1.82, 2.24) is 5.32 Å². The largest absolute Gasteiger partial charge is 0.493 e. The molecule has 2 amide bonds. The third kappa shape index (κ3) is 4.47. The molecule has 0 aromatic heterocycles. The summed E-state index contributed by atoms with van der Waals surface area (Å²) in [7, 11) is 0. The zero-order chi connectivity index (χ0) is 20.1. The fourth-order valence-corrected chi connectivity index (χ4v) is 3.58.